The highest BCUT2D eigenvalue weighted by Crippen LogP contribution is 2.33. The molecule has 4 rings (SSSR count). The van der Waals surface area contributed by atoms with Crippen molar-refractivity contribution < 1.29 is 8.78 Å². The third-order valence-electron chi connectivity index (χ3n) is 3.76. The van der Waals surface area contributed by atoms with Crippen molar-refractivity contribution >= 4 is 16.7 Å². The Bertz CT molecular complexity index is 810. The summed E-state index contributed by atoms with van der Waals surface area (Å²) in [6.45, 7) is 0.766. The van der Waals surface area contributed by atoms with E-state index in [2.05, 4.69) is 15.4 Å². The van der Waals surface area contributed by atoms with Crippen LogP contribution in [0.1, 0.15) is 18.2 Å². The van der Waals surface area contributed by atoms with Gasteiger partial charge in [-0.1, -0.05) is 0 Å². The molecule has 0 bridgehead atoms. The zero-order chi connectivity index (χ0) is 14.4. The van der Waals surface area contributed by atoms with E-state index in [1.165, 1.54) is 24.4 Å². The van der Waals surface area contributed by atoms with E-state index in [0.29, 0.717) is 5.52 Å². The Balaban J connectivity index is 1.87. The molecule has 2 aromatic heterocycles. The molecule has 1 atom stereocenters. The van der Waals surface area contributed by atoms with Crippen LogP contribution in [0.3, 0.4) is 0 Å². The molecule has 1 N–H and O–H groups in total. The number of benzene rings is 1. The molecule has 3 aromatic rings. The smallest absolute Gasteiger partial charge is 0.141 e. The molecule has 0 fully saturated rings. The van der Waals surface area contributed by atoms with E-state index in [-0.39, 0.29) is 17.7 Å². The summed E-state index contributed by atoms with van der Waals surface area (Å²) in [6.07, 6.45) is 2.00. The standard InChI is InChI=1S/C15H12F2N4/c16-9-1-3-11-13(7-9)20-21-14(5-6-18-15(11)21)12-4-2-10(17)8-19-12/h1-4,7-8,14,18H,5-6H2. The maximum atomic E-state index is 13.3. The molecule has 21 heavy (non-hydrogen) atoms. The first-order chi connectivity index (χ1) is 10.2. The van der Waals surface area contributed by atoms with Crippen molar-refractivity contribution in [1.82, 2.24) is 14.8 Å². The van der Waals surface area contributed by atoms with Crippen LogP contribution in [-0.4, -0.2) is 21.3 Å². The predicted molar refractivity (Wildman–Crippen MR) is 75.1 cm³/mol. The fourth-order valence-electron chi connectivity index (χ4n) is 2.79. The van der Waals surface area contributed by atoms with Crippen LogP contribution in [0.2, 0.25) is 0 Å². The molecule has 0 saturated carbocycles. The number of nitrogens with one attached hydrogen (secondary N) is 1. The van der Waals surface area contributed by atoms with Crippen LogP contribution in [-0.2, 0) is 0 Å². The molecule has 0 aliphatic carbocycles. The molecule has 1 aliphatic rings. The lowest BCUT2D eigenvalue weighted by atomic mass is 10.1. The van der Waals surface area contributed by atoms with E-state index < -0.39 is 0 Å². The third-order valence-corrected chi connectivity index (χ3v) is 3.76. The van der Waals surface area contributed by atoms with E-state index in [1.807, 2.05) is 4.68 Å². The summed E-state index contributed by atoms with van der Waals surface area (Å²) in [5.41, 5.74) is 1.36. The second kappa shape index (κ2) is 4.51. The summed E-state index contributed by atoms with van der Waals surface area (Å²) >= 11 is 0. The zero-order valence-electron chi connectivity index (χ0n) is 11.1. The summed E-state index contributed by atoms with van der Waals surface area (Å²) in [5, 5.41) is 8.65. The lowest BCUT2D eigenvalue weighted by Gasteiger charge is -2.25. The van der Waals surface area contributed by atoms with Gasteiger partial charge in [-0.05, 0) is 30.7 Å². The largest absolute Gasteiger partial charge is 0.370 e. The monoisotopic (exact) mass is 286 g/mol. The van der Waals surface area contributed by atoms with Crippen molar-refractivity contribution in [2.24, 2.45) is 0 Å². The van der Waals surface area contributed by atoms with Crippen LogP contribution in [0, 0.1) is 11.6 Å². The van der Waals surface area contributed by atoms with Gasteiger partial charge in [-0.2, -0.15) is 5.10 Å². The Morgan fingerprint density at radius 3 is 2.81 bits per heavy atom. The Kier molecular flexibility index (Phi) is 2.63. The maximum absolute atomic E-state index is 13.3. The first-order valence-corrected chi connectivity index (χ1v) is 6.75. The highest BCUT2D eigenvalue weighted by atomic mass is 19.1. The first-order valence-electron chi connectivity index (χ1n) is 6.75. The predicted octanol–water partition coefficient (Wildman–Crippen LogP) is 3.11. The Labute approximate surface area is 119 Å². The highest BCUT2D eigenvalue weighted by Gasteiger charge is 2.25. The molecule has 4 nitrogen and oxygen atoms in total. The van der Waals surface area contributed by atoms with Crippen LogP contribution < -0.4 is 5.32 Å². The van der Waals surface area contributed by atoms with Crippen LogP contribution in [0.4, 0.5) is 14.6 Å². The number of rotatable bonds is 1. The summed E-state index contributed by atoms with van der Waals surface area (Å²) in [4.78, 5) is 4.15. The Morgan fingerprint density at radius 2 is 2.00 bits per heavy atom. The number of nitrogens with zero attached hydrogens (tertiary/aromatic N) is 3. The molecule has 1 unspecified atom stereocenters. The molecule has 6 heteroatoms. The van der Waals surface area contributed by atoms with E-state index in [0.717, 1.165) is 29.9 Å². The van der Waals surface area contributed by atoms with Crippen LogP contribution >= 0.6 is 0 Å². The summed E-state index contributed by atoms with van der Waals surface area (Å²) in [6, 6.07) is 7.55. The van der Waals surface area contributed by atoms with Gasteiger partial charge in [0.1, 0.15) is 17.5 Å². The highest BCUT2D eigenvalue weighted by molar-refractivity contribution is 5.90. The van der Waals surface area contributed by atoms with Gasteiger partial charge >= 0.3 is 0 Å². The lowest BCUT2D eigenvalue weighted by Crippen LogP contribution is -2.25. The molecule has 0 spiro atoms. The van der Waals surface area contributed by atoms with Gasteiger partial charge in [0, 0.05) is 18.0 Å². The summed E-state index contributed by atoms with van der Waals surface area (Å²) < 4.78 is 28.2. The van der Waals surface area contributed by atoms with E-state index in [9.17, 15) is 8.78 Å². The van der Waals surface area contributed by atoms with Gasteiger partial charge in [0.05, 0.1) is 23.4 Å². The molecule has 0 saturated heterocycles. The van der Waals surface area contributed by atoms with Gasteiger partial charge in [0.25, 0.3) is 0 Å². The fourth-order valence-corrected chi connectivity index (χ4v) is 2.79. The van der Waals surface area contributed by atoms with Crippen molar-refractivity contribution in [1.29, 1.82) is 0 Å². The third kappa shape index (κ3) is 1.94. The lowest BCUT2D eigenvalue weighted by molar-refractivity contribution is 0.473. The molecule has 106 valence electrons. The number of fused-ring (bicyclic) bond motifs is 3. The zero-order valence-corrected chi connectivity index (χ0v) is 11.1. The number of hydrogen-bond donors (Lipinski definition) is 1. The quantitative estimate of drug-likeness (QED) is 0.747. The van der Waals surface area contributed by atoms with E-state index in [4.69, 9.17) is 0 Å². The van der Waals surface area contributed by atoms with Gasteiger partial charge < -0.3 is 5.32 Å². The van der Waals surface area contributed by atoms with Crippen LogP contribution in [0.25, 0.3) is 10.9 Å². The average molecular weight is 286 g/mol. The average Bonchev–Trinajstić information content (AvgIpc) is 2.85. The molecule has 3 heterocycles. The molecular weight excluding hydrogens is 274 g/mol. The molecule has 0 amide bonds. The Hall–Kier alpha value is -2.50. The second-order valence-corrected chi connectivity index (χ2v) is 5.09. The van der Waals surface area contributed by atoms with Crippen molar-refractivity contribution in [3.63, 3.8) is 0 Å². The maximum Gasteiger partial charge on any atom is 0.141 e. The van der Waals surface area contributed by atoms with Crippen molar-refractivity contribution in [2.45, 2.75) is 12.5 Å². The summed E-state index contributed by atoms with van der Waals surface area (Å²) in [7, 11) is 0. The molecule has 1 aromatic carbocycles. The van der Waals surface area contributed by atoms with Gasteiger partial charge in [-0.15, -0.1) is 0 Å². The Morgan fingerprint density at radius 1 is 1.14 bits per heavy atom. The number of anilines is 1. The molecule has 0 radical (unpaired) electrons. The molecular formula is C15H12F2N4. The minimum Gasteiger partial charge on any atom is -0.370 e. The van der Waals surface area contributed by atoms with Crippen LogP contribution in [0.5, 0.6) is 0 Å². The van der Waals surface area contributed by atoms with Gasteiger partial charge in [0.2, 0.25) is 0 Å². The van der Waals surface area contributed by atoms with Crippen LogP contribution in [0.15, 0.2) is 36.5 Å². The molecule has 1 aliphatic heterocycles. The number of hydrogen-bond acceptors (Lipinski definition) is 3. The number of aromatic nitrogens is 3. The minimum atomic E-state index is -0.361. The second-order valence-electron chi connectivity index (χ2n) is 5.09. The topological polar surface area (TPSA) is 42.7 Å². The normalized spacial score (nSPS) is 17.5. The van der Waals surface area contributed by atoms with Gasteiger partial charge in [0.15, 0.2) is 0 Å². The van der Waals surface area contributed by atoms with Gasteiger partial charge in [-0.3, -0.25) is 4.98 Å². The van der Waals surface area contributed by atoms with Gasteiger partial charge in [-0.25, -0.2) is 13.5 Å². The summed E-state index contributed by atoms with van der Waals surface area (Å²) in [5.74, 6) is 0.183. The van der Waals surface area contributed by atoms with Crippen molar-refractivity contribution in [3.05, 3.63) is 53.9 Å². The minimum absolute atomic E-state index is 0.0719. The van der Waals surface area contributed by atoms with E-state index in [1.54, 1.807) is 12.1 Å². The number of halogens is 2. The van der Waals surface area contributed by atoms with Crippen molar-refractivity contribution in [2.75, 3.05) is 11.9 Å². The fraction of sp³-hybridized carbons (Fsp3) is 0.200. The SMILES string of the molecule is Fc1ccc(C2CCNc3c4ccc(F)cc4nn32)nc1. The number of pyridine rings is 1. The first kappa shape index (κ1) is 12.3. The van der Waals surface area contributed by atoms with E-state index >= 15 is 0 Å². The van der Waals surface area contributed by atoms with Crippen molar-refractivity contribution in [3.8, 4) is 0 Å².